The summed E-state index contributed by atoms with van der Waals surface area (Å²) >= 11 is 1.36. The molecule has 2 heterocycles. The van der Waals surface area contributed by atoms with Gasteiger partial charge >= 0.3 is 5.97 Å². The quantitative estimate of drug-likeness (QED) is 0.212. The molecule has 178 valence electrons. The van der Waals surface area contributed by atoms with Crippen LogP contribution in [0.5, 0.6) is 5.75 Å². The summed E-state index contributed by atoms with van der Waals surface area (Å²) < 4.78 is 11.8. The molecule has 2 aromatic carbocycles. The zero-order chi connectivity index (χ0) is 24.6. The number of amides is 1. The minimum Gasteiger partial charge on any atom is -0.497 e. The van der Waals surface area contributed by atoms with Crippen LogP contribution in [0.2, 0.25) is 0 Å². The second-order valence-corrected chi connectivity index (χ2v) is 8.01. The fourth-order valence-corrected chi connectivity index (χ4v) is 3.92. The van der Waals surface area contributed by atoms with Crippen molar-refractivity contribution in [3.8, 4) is 11.4 Å². The predicted molar refractivity (Wildman–Crippen MR) is 130 cm³/mol. The molecule has 1 N–H and O–H groups in total. The van der Waals surface area contributed by atoms with Gasteiger partial charge in [0, 0.05) is 23.8 Å². The van der Waals surface area contributed by atoms with Crippen LogP contribution < -0.4 is 10.1 Å². The van der Waals surface area contributed by atoms with Gasteiger partial charge in [-0.3, -0.25) is 4.79 Å². The van der Waals surface area contributed by atoms with Crippen LogP contribution in [0.15, 0.2) is 72.1 Å². The maximum atomic E-state index is 13.1. The molecule has 0 aliphatic heterocycles. The number of hydrogen-bond donors (Lipinski definition) is 1. The molecule has 35 heavy (non-hydrogen) atoms. The van der Waals surface area contributed by atoms with Crippen LogP contribution in [0.25, 0.3) is 5.69 Å². The second-order valence-electron chi connectivity index (χ2n) is 7.07. The monoisotopic (exact) mass is 490 g/mol. The van der Waals surface area contributed by atoms with Gasteiger partial charge in [-0.25, -0.2) is 19.4 Å². The summed E-state index contributed by atoms with van der Waals surface area (Å²) in [5.74, 6) is 0.202. The van der Waals surface area contributed by atoms with Gasteiger partial charge in [-0.05, 0) is 61.5 Å². The van der Waals surface area contributed by atoms with Gasteiger partial charge in [0.1, 0.15) is 5.75 Å². The van der Waals surface area contributed by atoms with Crippen molar-refractivity contribution in [2.75, 3.05) is 19.0 Å². The van der Waals surface area contributed by atoms with Gasteiger partial charge < -0.3 is 14.8 Å². The van der Waals surface area contributed by atoms with E-state index in [9.17, 15) is 9.59 Å². The van der Waals surface area contributed by atoms with Crippen molar-refractivity contribution in [1.82, 2.24) is 25.0 Å². The van der Waals surface area contributed by atoms with Crippen LogP contribution in [-0.4, -0.2) is 50.6 Å². The molecular weight excluding hydrogens is 468 g/mol. The minimum absolute atomic E-state index is 0.165. The Morgan fingerprint density at radius 3 is 2.40 bits per heavy atom. The molecule has 0 saturated carbocycles. The first-order chi connectivity index (χ1) is 17.1. The third-order valence-corrected chi connectivity index (χ3v) is 5.72. The van der Waals surface area contributed by atoms with Crippen LogP contribution in [-0.2, 0) is 10.5 Å². The van der Waals surface area contributed by atoms with Gasteiger partial charge in [0.2, 0.25) is 0 Å². The summed E-state index contributed by atoms with van der Waals surface area (Å²) in [7, 11) is 1.59. The number of benzene rings is 2. The summed E-state index contributed by atoms with van der Waals surface area (Å²) in [4.78, 5) is 33.4. The molecule has 4 aromatic rings. The maximum absolute atomic E-state index is 13.1. The molecule has 0 bridgehead atoms. The zero-order valence-electron chi connectivity index (χ0n) is 19.0. The third-order valence-electron chi connectivity index (χ3n) is 4.83. The van der Waals surface area contributed by atoms with Gasteiger partial charge in [0.05, 0.1) is 30.7 Å². The van der Waals surface area contributed by atoms with Crippen molar-refractivity contribution in [2.24, 2.45) is 0 Å². The Hall–Kier alpha value is -4.25. The summed E-state index contributed by atoms with van der Waals surface area (Å²) in [6, 6.07) is 15.4. The van der Waals surface area contributed by atoms with E-state index >= 15 is 0 Å². The number of esters is 1. The number of carbonyl (C=O) groups excluding carboxylic acids is 2. The lowest BCUT2D eigenvalue weighted by Crippen LogP contribution is -2.15. The molecule has 0 fully saturated rings. The number of nitrogens with zero attached hydrogens (tertiary/aromatic N) is 5. The Balaban J connectivity index is 1.59. The lowest BCUT2D eigenvalue weighted by atomic mass is 10.2. The van der Waals surface area contributed by atoms with Crippen molar-refractivity contribution in [3.63, 3.8) is 0 Å². The molecule has 2 aromatic heterocycles. The Labute approximate surface area is 205 Å². The average Bonchev–Trinajstić information content (AvgIpc) is 3.33. The minimum atomic E-state index is -0.432. The predicted octanol–water partition coefficient (Wildman–Crippen LogP) is 3.79. The number of ether oxygens (including phenoxy) is 2. The highest BCUT2D eigenvalue weighted by atomic mass is 32.2. The first kappa shape index (κ1) is 23.9. The Kier molecular flexibility index (Phi) is 7.68. The molecule has 10 nitrogen and oxygen atoms in total. The smallest absolute Gasteiger partial charge is 0.338 e. The Bertz CT molecular complexity index is 1290. The van der Waals surface area contributed by atoms with Crippen LogP contribution in [0, 0.1) is 0 Å². The highest BCUT2D eigenvalue weighted by Crippen LogP contribution is 2.24. The van der Waals surface area contributed by atoms with Crippen molar-refractivity contribution in [3.05, 3.63) is 83.9 Å². The van der Waals surface area contributed by atoms with E-state index in [-0.39, 0.29) is 12.3 Å². The molecule has 0 saturated heterocycles. The lowest BCUT2D eigenvalue weighted by molar-refractivity contribution is 0.0526. The van der Waals surface area contributed by atoms with Crippen molar-refractivity contribution >= 4 is 29.3 Å². The van der Waals surface area contributed by atoms with E-state index in [4.69, 9.17) is 9.47 Å². The van der Waals surface area contributed by atoms with E-state index in [1.54, 1.807) is 73.6 Å². The zero-order valence-corrected chi connectivity index (χ0v) is 19.9. The molecule has 0 radical (unpaired) electrons. The highest BCUT2D eigenvalue weighted by Gasteiger charge is 2.22. The fourth-order valence-electron chi connectivity index (χ4n) is 3.13. The van der Waals surface area contributed by atoms with Gasteiger partial charge in [-0.15, -0.1) is 5.10 Å². The standard InChI is InChI=1S/C24H22N6O4S/c1-3-34-23(32)16-5-7-17(8-6-16)27-22(31)21-20(15-35-24-25-13-4-14-26-24)30(29-28-21)18-9-11-19(33-2)12-10-18/h4-14H,3,15H2,1-2H3,(H,27,31). The molecule has 0 unspecified atom stereocenters. The largest absolute Gasteiger partial charge is 0.497 e. The van der Waals surface area contributed by atoms with Crippen molar-refractivity contribution in [2.45, 2.75) is 17.8 Å². The van der Waals surface area contributed by atoms with E-state index in [0.717, 1.165) is 5.69 Å². The van der Waals surface area contributed by atoms with Gasteiger partial charge in [0.15, 0.2) is 10.9 Å². The van der Waals surface area contributed by atoms with Crippen molar-refractivity contribution in [1.29, 1.82) is 0 Å². The summed E-state index contributed by atoms with van der Waals surface area (Å²) in [5, 5.41) is 11.8. The van der Waals surface area contributed by atoms with Crippen LogP contribution in [0.4, 0.5) is 5.69 Å². The van der Waals surface area contributed by atoms with Gasteiger partial charge in [-0.2, -0.15) is 0 Å². The fraction of sp³-hybridized carbons (Fsp3) is 0.167. The number of anilines is 1. The van der Waals surface area contributed by atoms with E-state index in [1.165, 1.54) is 11.8 Å². The normalized spacial score (nSPS) is 10.6. The highest BCUT2D eigenvalue weighted by molar-refractivity contribution is 7.98. The molecule has 0 aliphatic carbocycles. The van der Waals surface area contributed by atoms with Crippen LogP contribution in [0.1, 0.15) is 33.5 Å². The maximum Gasteiger partial charge on any atom is 0.338 e. The van der Waals surface area contributed by atoms with E-state index in [0.29, 0.717) is 33.6 Å². The third kappa shape index (κ3) is 5.82. The van der Waals surface area contributed by atoms with E-state index in [2.05, 4.69) is 25.6 Å². The number of thioether (sulfide) groups is 1. The number of rotatable bonds is 9. The number of nitrogens with one attached hydrogen (secondary N) is 1. The first-order valence-electron chi connectivity index (χ1n) is 10.7. The molecule has 4 rings (SSSR count). The Morgan fingerprint density at radius 1 is 1.03 bits per heavy atom. The topological polar surface area (TPSA) is 121 Å². The summed E-state index contributed by atoms with van der Waals surface area (Å²) in [6.45, 7) is 2.03. The number of hydrogen-bond acceptors (Lipinski definition) is 9. The first-order valence-corrected chi connectivity index (χ1v) is 11.6. The molecule has 0 atom stereocenters. The van der Waals surface area contributed by atoms with Gasteiger partial charge in [0.25, 0.3) is 5.91 Å². The summed E-state index contributed by atoms with van der Waals surface area (Å²) in [6.07, 6.45) is 3.31. The van der Waals surface area contributed by atoms with E-state index < -0.39 is 11.9 Å². The average molecular weight is 491 g/mol. The number of methoxy groups -OCH3 is 1. The molecular formula is C24H22N6O4S. The SMILES string of the molecule is CCOC(=O)c1ccc(NC(=O)c2nnn(-c3ccc(OC)cc3)c2CSc2ncccn2)cc1. The van der Waals surface area contributed by atoms with Crippen LogP contribution in [0.3, 0.4) is 0 Å². The van der Waals surface area contributed by atoms with E-state index in [1.807, 2.05) is 12.1 Å². The molecule has 0 aliphatic rings. The Morgan fingerprint density at radius 2 is 1.74 bits per heavy atom. The van der Waals surface area contributed by atoms with Crippen molar-refractivity contribution < 1.29 is 19.1 Å². The second kappa shape index (κ2) is 11.3. The summed E-state index contributed by atoms with van der Waals surface area (Å²) in [5.41, 5.74) is 2.37. The van der Waals surface area contributed by atoms with Gasteiger partial charge in [-0.1, -0.05) is 17.0 Å². The van der Waals surface area contributed by atoms with Crippen LogP contribution >= 0.6 is 11.8 Å². The molecule has 0 spiro atoms. The lowest BCUT2D eigenvalue weighted by Gasteiger charge is -2.09. The molecule has 11 heteroatoms. The molecule has 1 amide bonds. The number of carbonyl (C=O) groups is 2. The number of aromatic nitrogens is 5.